The summed E-state index contributed by atoms with van der Waals surface area (Å²) < 4.78 is 13.1. The van der Waals surface area contributed by atoms with Crippen molar-refractivity contribution in [1.82, 2.24) is 5.32 Å². The van der Waals surface area contributed by atoms with Gasteiger partial charge >= 0.3 is 8.56 Å². The highest BCUT2D eigenvalue weighted by atomic mass is 28.5. The minimum atomic E-state index is -2.23. The Morgan fingerprint density at radius 3 is 1.63 bits per heavy atom. The van der Waals surface area contributed by atoms with E-state index in [1.807, 2.05) is 0 Å². The summed E-state index contributed by atoms with van der Waals surface area (Å²) in [5, 5.41) is 3.54. The van der Waals surface area contributed by atoms with Gasteiger partial charge in [0.1, 0.15) is 0 Å². The van der Waals surface area contributed by atoms with E-state index in [-0.39, 0.29) is 0 Å². The molecule has 0 bridgehead atoms. The smallest absolute Gasteiger partial charge is 0.331 e. The molecule has 116 valence electrons. The number of hydrogen-bond donors (Lipinski definition) is 2. The molecule has 0 aliphatic heterocycles. The van der Waals surface area contributed by atoms with Gasteiger partial charge in [0, 0.05) is 18.8 Å². The quantitative estimate of drug-likeness (QED) is 0.641. The third-order valence-corrected chi connectivity index (χ3v) is 12.6. The van der Waals surface area contributed by atoms with Gasteiger partial charge in [0.05, 0.1) is 0 Å². The lowest BCUT2D eigenvalue weighted by Gasteiger charge is -2.43. The van der Waals surface area contributed by atoms with Gasteiger partial charge in [0.15, 0.2) is 16.6 Å². The molecular formula is C12H34N2O2Si3. The molecule has 1 atom stereocenters. The first-order valence-corrected chi connectivity index (χ1v) is 16.5. The first kappa shape index (κ1) is 19.5. The van der Waals surface area contributed by atoms with E-state index in [1.54, 1.807) is 0 Å². The van der Waals surface area contributed by atoms with Crippen molar-refractivity contribution in [1.29, 1.82) is 0 Å². The molecule has 0 fully saturated rings. The van der Waals surface area contributed by atoms with Crippen molar-refractivity contribution in [2.75, 3.05) is 13.1 Å². The van der Waals surface area contributed by atoms with E-state index in [4.69, 9.17) is 14.0 Å². The summed E-state index contributed by atoms with van der Waals surface area (Å²) in [4.78, 5) is 0. The summed E-state index contributed by atoms with van der Waals surface area (Å²) in [6.45, 7) is 19.3. The van der Waals surface area contributed by atoms with Gasteiger partial charge in [-0.05, 0) is 52.2 Å². The monoisotopic (exact) mass is 322 g/mol. The highest BCUT2D eigenvalue weighted by molar-refractivity contribution is 6.88. The van der Waals surface area contributed by atoms with Gasteiger partial charge in [-0.1, -0.05) is 6.92 Å². The van der Waals surface area contributed by atoms with Crippen molar-refractivity contribution in [3.8, 4) is 0 Å². The van der Waals surface area contributed by atoms with Gasteiger partial charge in [0.25, 0.3) is 0 Å². The maximum Gasteiger partial charge on any atom is 0.331 e. The molecule has 0 saturated heterocycles. The van der Waals surface area contributed by atoms with Gasteiger partial charge in [-0.25, -0.2) is 0 Å². The summed E-state index contributed by atoms with van der Waals surface area (Å²) >= 11 is 0. The molecule has 3 N–H and O–H groups in total. The molecule has 0 spiro atoms. The van der Waals surface area contributed by atoms with Crippen molar-refractivity contribution in [2.24, 2.45) is 5.73 Å². The van der Waals surface area contributed by atoms with E-state index in [0.29, 0.717) is 12.2 Å². The van der Waals surface area contributed by atoms with Gasteiger partial charge < -0.3 is 19.3 Å². The Labute approximate surface area is 123 Å². The minimum absolute atomic E-state index is 0.314. The Kier molecular flexibility index (Phi) is 7.68. The van der Waals surface area contributed by atoms with E-state index >= 15 is 0 Å². The number of nitrogens with two attached hydrogens (primary N) is 1. The van der Waals surface area contributed by atoms with Crippen molar-refractivity contribution in [2.45, 2.75) is 64.8 Å². The molecule has 4 nitrogen and oxygen atoms in total. The fraction of sp³-hybridized carbons (Fsp3) is 1.00. The van der Waals surface area contributed by atoms with E-state index in [9.17, 15) is 0 Å². The summed E-state index contributed by atoms with van der Waals surface area (Å²) in [7, 11) is -5.48. The molecule has 0 radical (unpaired) electrons. The third-order valence-electron chi connectivity index (χ3n) is 2.59. The molecule has 0 aromatic heterocycles. The zero-order chi connectivity index (χ0) is 15.3. The Bertz CT molecular complexity index is 249. The molecule has 0 heterocycles. The highest BCUT2D eigenvalue weighted by Crippen LogP contribution is 2.25. The number of nitrogens with one attached hydrogen (secondary N) is 1. The highest BCUT2D eigenvalue weighted by Gasteiger charge is 2.45. The molecule has 0 aliphatic carbocycles. The Morgan fingerprint density at radius 1 is 0.947 bits per heavy atom. The Morgan fingerprint density at radius 2 is 1.37 bits per heavy atom. The molecule has 0 aromatic carbocycles. The third kappa shape index (κ3) is 8.38. The SMILES string of the molecule is CCC(NCCN)[Si](C)(O[Si](C)(C)C)O[Si](C)(C)C. The fourth-order valence-electron chi connectivity index (χ4n) is 2.34. The van der Waals surface area contributed by atoms with Gasteiger partial charge in [-0.2, -0.15) is 0 Å². The molecule has 0 aromatic rings. The standard InChI is InChI=1S/C12H34N2O2Si3/c1-9-12(14-11-10-13)19(8,15-17(2,3)4)16-18(5,6)7/h12,14H,9-11,13H2,1-8H3. The van der Waals surface area contributed by atoms with Crippen LogP contribution in [0.4, 0.5) is 0 Å². The second-order valence-corrected chi connectivity index (χ2v) is 20.0. The first-order chi connectivity index (χ1) is 8.43. The van der Waals surface area contributed by atoms with E-state index in [1.165, 1.54) is 0 Å². The molecule has 7 heteroatoms. The van der Waals surface area contributed by atoms with Gasteiger partial charge in [-0.15, -0.1) is 0 Å². The maximum absolute atomic E-state index is 6.54. The second-order valence-electron chi connectivity index (χ2n) is 7.15. The largest absolute Gasteiger partial charge is 0.436 e. The zero-order valence-electron chi connectivity index (χ0n) is 14.1. The second kappa shape index (κ2) is 7.49. The Balaban J connectivity index is 5.10. The predicted molar refractivity (Wildman–Crippen MR) is 91.6 cm³/mol. The van der Waals surface area contributed by atoms with Crippen LogP contribution in [0.15, 0.2) is 0 Å². The average molecular weight is 323 g/mol. The van der Waals surface area contributed by atoms with Crippen molar-refractivity contribution in [3.63, 3.8) is 0 Å². The van der Waals surface area contributed by atoms with Crippen LogP contribution in [-0.4, -0.2) is 44.0 Å². The molecule has 0 amide bonds. The topological polar surface area (TPSA) is 56.5 Å². The number of hydrogen-bond acceptors (Lipinski definition) is 4. The number of rotatable bonds is 9. The van der Waals surface area contributed by atoms with Crippen LogP contribution in [0.25, 0.3) is 0 Å². The van der Waals surface area contributed by atoms with Crippen molar-refractivity contribution < 1.29 is 8.23 Å². The molecular weight excluding hydrogens is 288 g/mol. The lowest BCUT2D eigenvalue weighted by molar-refractivity contribution is 0.346. The maximum atomic E-state index is 6.54. The zero-order valence-corrected chi connectivity index (χ0v) is 17.1. The normalized spacial score (nSPS) is 15.6. The summed E-state index contributed by atoms with van der Waals surface area (Å²) in [6.07, 6.45) is 1.03. The van der Waals surface area contributed by atoms with E-state index in [2.05, 4.69) is 58.1 Å². The lowest BCUT2D eigenvalue weighted by atomic mass is 10.4. The minimum Gasteiger partial charge on any atom is -0.436 e. The Hall–Kier alpha value is 0.491. The van der Waals surface area contributed by atoms with Crippen LogP contribution < -0.4 is 11.1 Å². The van der Waals surface area contributed by atoms with E-state index in [0.717, 1.165) is 13.0 Å². The summed E-state index contributed by atoms with van der Waals surface area (Å²) in [5.74, 6) is 0. The van der Waals surface area contributed by atoms with Crippen LogP contribution in [0.2, 0.25) is 45.8 Å². The molecule has 0 saturated carbocycles. The fourth-order valence-corrected chi connectivity index (χ4v) is 15.0. The van der Waals surface area contributed by atoms with Crippen LogP contribution in [0.3, 0.4) is 0 Å². The lowest BCUT2D eigenvalue weighted by Crippen LogP contribution is -2.64. The molecule has 0 aliphatic rings. The van der Waals surface area contributed by atoms with Crippen LogP contribution in [-0.2, 0) is 8.23 Å². The van der Waals surface area contributed by atoms with Crippen molar-refractivity contribution in [3.05, 3.63) is 0 Å². The van der Waals surface area contributed by atoms with Gasteiger partial charge in [-0.3, -0.25) is 0 Å². The first-order valence-electron chi connectivity index (χ1n) is 7.27. The molecule has 1 unspecified atom stereocenters. The molecule has 0 rings (SSSR count). The van der Waals surface area contributed by atoms with Gasteiger partial charge in [0.2, 0.25) is 0 Å². The van der Waals surface area contributed by atoms with Crippen LogP contribution in [0.5, 0.6) is 0 Å². The predicted octanol–water partition coefficient (Wildman–Crippen LogP) is 2.63. The van der Waals surface area contributed by atoms with Crippen molar-refractivity contribution >= 4 is 25.2 Å². The summed E-state index contributed by atoms with van der Waals surface area (Å²) in [6, 6.07) is 0. The van der Waals surface area contributed by atoms with E-state index < -0.39 is 25.2 Å². The summed E-state index contributed by atoms with van der Waals surface area (Å²) in [5.41, 5.74) is 5.93. The molecule has 19 heavy (non-hydrogen) atoms. The average Bonchev–Trinajstić information content (AvgIpc) is 2.12. The van der Waals surface area contributed by atoms with Crippen LogP contribution >= 0.6 is 0 Å². The van der Waals surface area contributed by atoms with Crippen LogP contribution in [0, 0.1) is 0 Å². The van der Waals surface area contributed by atoms with Crippen LogP contribution in [0.1, 0.15) is 13.3 Å².